The summed E-state index contributed by atoms with van der Waals surface area (Å²) in [6, 6.07) is 8.19. The molecule has 2 aromatic rings. The highest BCUT2D eigenvalue weighted by Gasteiger charge is 2.11. The molecule has 0 fully saturated rings. The summed E-state index contributed by atoms with van der Waals surface area (Å²) in [6.07, 6.45) is 0.941. The molecule has 0 saturated carbocycles. The van der Waals surface area contributed by atoms with Crippen molar-refractivity contribution in [2.45, 2.75) is 33.6 Å². The summed E-state index contributed by atoms with van der Waals surface area (Å²) >= 11 is 3.22. The van der Waals surface area contributed by atoms with Crippen molar-refractivity contribution in [3.8, 4) is 0 Å². The van der Waals surface area contributed by atoms with Gasteiger partial charge in [0.25, 0.3) is 5.91 Å². The molecule has 0 heterocycles. The Morgan fingerprint density at radius 2 is 1.67 bits per heavy atom. The summed E-state index contributed by atoms with van der Waals surface area (Å²) in [5, 5.41) is 5.51. The zero-order valence-electron chi connectivity index (χ0n) is 15.8. The lowest BCUT2D eigenvalue weighted by Crippen LogP contribution is -2.32. The molecule has 2 rings (SSSR count). The van der Waals surface area contributed by atoms with Crippen molar-refractivity contribution >= 4 is 27.7 Å². The summed E-state index contributed by atoms with van der Waals surface area (Å²) in [5.74, 6) is -1.03. The van der Waals surface area contributed by atoms with E-state index < -0.39 is 11.7 Å². The molecule has 0 aliphatic carbocycles. The first-order chi connectivity index (χ1) is 12.8. The maximum absolute atomic E-state index is 13.3. The van der Waals surface area contributed by atoms with Gasteiger partial charge in [-0.25, -0.2) is 4.39 Å². The Bertz CT molecular complexity index is 829. The summed E-state index contributed by atoms with van der Waals surface area (Å²) in [4.78, 5) is 24.0. The summed E-state index contributed by atoms with van der Waals surface area (Å²) < 4.78 is 13.8. The van der Waals surface area contributed by atoms with E-state index in [9.17, 15) is 14.0 Å². The summed E-state index contributed by atoms with van der Waals surface area (Å²) in [5.41, 5.74) is 5.16. The Balaban J connectivity index is 1.75. The van der Waals surface area contributed by atoms with Gasteiger partial charge in [0.15, 0.2) is 0 Å². The van der Waals surface area contributed by atoms with Crippen LogP contribution in [0.2, 0.25) is 0 Å². The van der Waals surface area contributed by atoms with Crippen molar-refractivity contribution in [2.75, 3.05) is 13.1 Å². The predicted molar refractivity (Wildman–Crippen MR) is 108 cm³/mol. The van der Waals surface area contributed by atoms with Gasteiger partial charge in [0, 0.05) is 24.0 Å². The van der Waals surface area contributed by atoms with Crippen LogP contribution in [0.15, 0.2) is 34.8 Å². The Labute approximate surface area is 167 Å². The van der Waals surface area contributed by atoms with E-state index in [0.717, 1.165) is 12.5 Å². The molecule has 0 aliphatic heterocycles. The van der Waals surface area contributed by atoms with Crippen molar-refractivity contribution in [1.29, 1.82) is 0 Å². The maximum atomic E-state index is 13.3. The van der Waals surface area contributed by atoms with Gasteiger partial charge in [-0.2, -0.15) is 0 Å². The van der Waals surface area contributed by atoms with Gasteiger partial charge in [0.05, 0.1) is 5.56 Å². The fourth-order valence-corrected chi connectivity index (χ4v) is 3.50. The molecule has 0 radical (unpaired) electrons. The lowest BCUT2D eigenvalue weighted by Gasteiger charge is -2.12. The monoisotopic (exact) mass is 434 g/mol. The van der Waals surface area contributed by atoms with Crippen molar-refractivity contribution in [1.82, 2.24) is 10.6 Å². The second kappa shape index (κ2) is 9.65. The lowest BCUT2D eigenvalue weighted by molar-refractivity contribution is -0.120. The zero-order chi connectivity index (χ0) is 20.0. The van der Waals surface area contributed by atoms with Gasteiger partial charge in [0.2, 0.25) is 5.91 Å². The number of hydrogen-bond acceptors (Lipinski definition) is 2. The second-order valence-electron chi connectivity index (χ2n) is 6.61. The molecule has 0 bridgehead atoms. The highest BCUT2D eigenvalue weighted by Crippen LogP contribution is 2.18. The van der Waals surface area contributed by atoms with E-state index in [1.165, 1.54) is 34.4 Å². The van der Waals surface area contributed by atoms with E-state index in [4.69, 9.17) is 0 Å². The third kappa shape index (κ3) is 6.17. The highest BCUT2D eigenvalue weighted by atomic mass is 79.9. The minimum atomic E-state index is -0.484. The van der Waals surface area contributed by atoms with Gasteiger partial charge in [0.1, 0.15) is 5.82 Å². The maximum Gasteiger partial charge on any atom is 0.252 e. The van der Waals surface area contributed by atoms with Gasteiger partial charge in [-0.1, -0.05) is 17.7 Å². The lowest BCUT2D eigenvalue weighted by atomic mass is 9.97. The molecular formula is C21H24BrFN2O2. The second-order valence-corrected chi connectivity index (χ2v) is 7.46. The van der Waals surface area contributed by atoms with Crippen molar-refractivity contribution in [2.24, 2.45) is 0 Å². The smallest absolute Gasteiger partial charge is 0.252 e. The van der Waals surface area contributed by atoms with Crippen LogP contribution in [0.1, 0.15) is 39.0 Å². The Morgan fingerprint density at radius 3 is 2.33 bits per heavy atom. The average Bonchev–Trinajstić information content (AvgIpc) is 2.59. The highest BCUT2D eigenvalue weighted by molar-refractivity contribution is 9.10. The van der Waals surface area contributed by atoms with Crippen molar-refractivity contribution < 1.29 is 14.0 Å². The summed E-state index contributed by atoms with van der Waals surface area (Å²) in [6.45, 7) is 6.97. The topological polar surface area (TPSA) is 58.2 Å². The molecule has 0 aliphatic rings. The first kappa shape index (κ1) is 21.1. The normalized spacial score (nSPS) is 10.6. The van der Waals surface area contributed by atoms with Gasteiger partial charge >= 0.3 is 0 Å². The number of amides is 2. The van der Waals surface area contributed by atoms with Crippen molar-refractivity contribution in [3.63, 3.8) is 0 Å². The van der Waals surface area contributed by atoms with Crippen LogP contribution in [0, 0.1) is 26.6 Å². The zero-order valence-corrected chi connectivity index (χ0v) is 17.4. The minimum absolute atomic E-state index is 0.129. The van der Waals surface area contributed by atoms with Crippen LogP contribution in [0.3, 0.4) is 0 Å². The van der Waals surface area contributed by atoms with Crippen LogP contribution in [-0.4, -0.2) is 24.9 Å². The SMILES string of the molecule is Cc1cc(C)c(CCNC(=O)CCNC(=O)c2cc(F)ccc2Br)c(C)c1. The molecule has 0 aromatic heterocycles. The third-order valence-electron chi connectivity index (χ3n) is 4.35. The van der Waals surface area contributed by atoms with Gasteiger partial charge in [-0.15, -0.1) is 0 Å². The molecule has 2 N–H and O–H groups in total. The fraction of sp³-hybridized carbons (Fsp3) is 0.333. The molecule has 0 saturated heterocycles. The average molecular weight is 435 g/mol. The van der Waals surface area contributed by atoms with E-state index in [0.29, 0.717) is 11.0 Å². The number of carbonyl (C=O) groups excluding carboxylic acids is 2. The first-order valence-electron chi connectivity index (χ1n) is 8.84. The molecule has 0 atom stereocenters. The molecule has 144 valence electrons. The largest absolute Gasteiger partial charge is 0.356 e. The fourth-order valence-electron chi connectivity index (χ4n) is 3.08. The van der Waals surface area contributed by atoms with E-state index in [2.05, 4.69) is 59.5 Å². The molecular weight excluding hydrogens is 411 g/mol. The predicted octanol–water partition coefficient (Wildman–Crippen LogP) is 3.99. The number of aryl methyl sites for hydroxylation is 3. The van der Waals surface area contributed by atoms with Crippen LogP contribution >= 0.6 is 15.9 Å². The molecule has 2 amide bonds. The van der Waals surface area contributed by atoms with Crippen LogP contribution in [0.4, 0.5) is 4.39 Å². The standard InChI is InChI=1S/C21H24BrFN2O2/c1-13-10-14(2)17(15(3)11-13)6-8-24-20(26)7-9-25-21(27)18-12-16(23)4-5-19(18)22/h4-5,10-12H,6-9H2,1-3H3,(H,24,26)(H,25,27). The van der Waals surface area contributed by atoms with Crippen molar-refractivity contribution in [3.05, 3.63) is 68.4 Å². The first-order valence-corrected chi connectivity index (χ1v) is 9.64. The third-order valence-corrected chi connectivity index (χ3v) is 5.04. The Morgan fingerprint density at radius 1 is 1.00 bits per heavy atom. The van der Waals surface area contributed by atoms with Gasteiger partial charge in [-0.05, 0) is 78.0 Å². The molecule has 0 spiro atoms. The van der Waals surface area contributed by atoms with Gasteiger partial charge in [-0.3, -0.25) is 9.59 Å². The van der Waals surface area contributed by atoms with Crippen LogP contribution < -0.4 is 10.6 Å². The number of halogens is 2. The number of hydrogen-bond donors (Lipinski definition) is 2. The van der Waals surface area contributed by atoms with E-state index in [1.54, 1.807) is 0 Å². The van der Waals surface area contributed by atoms with Crippen LogP contribution in [0.25, 0.3) is 0 Å². The molecule has 0 unspecified atom stereocenters. The Kier molecular flexibility index (Phi) is 7.54. The number of benzene rings is 2. The van der Waals surface area contributed by atoms with Crippen LogP contribution in [-0.2, 0) is 11.2 Å². The van der Waals surface area contributed by atoms with E-state index >= 15 is 0 Å². The van der Waals surface area contributed by atoms with E-state index in [-0.39, 0.29) is 24.4 Å². The minimum Gasteiger partial charge on any atom is -0.356 e. The molecule has 27 heavy (non-hydrogen) atoms. The number of nitrogens with one attached hydrogen (secondary N) is 2. The quantitative estimate of drug-likeness (QED) is 0.691. The van der Waals surface area contributed by atoms with Gasteiger partial charge < -0.3 is 10.6 Å². The van der Waals surface area contributed by atoms with Crippen LogP contribution in [0.5, 0.6) is 0 Å². The Hall–Kier alpha value is -2.21. The van der Waals surface area contributed by atoms with E-state index in [1.807, 2.05) is 0 Å². The number of rotatable bonds is 7. The number of carbonyl (C=O) groups is 2. The summed E-state index contributed by atoms with van der Waals surface area (Å²) in [7, 11) is 0. The molecule has 2 aromatic carbocycles. The molecule has 6 heteroatoms. The molecule has 4 nitrogen and oxygen atoms in total.